The number of hydrogen-bond acceptors (Lipinski definition) is 2. The van der Waals surface area contributed by atoms with Crippen LogP contribution in [0.2, 0.25) is 0 Å². The number of phenols is 2. The van der Waals surface area contributed by atoms with Crippen molar-refractivity contribution in [3.05, 3.63) is 59.2 Å². The van der Waals surface area contributed by atoms with Crippen molar-refractivity contribution >= 4 is 0 Å². The smallest absolute Gasteiger partial charge is 0.119 e. The van der Waals surface area contributed by atoms with Gasteiger partial charge in [-0.1, -0.05) is 49.6 Å². The summed E-state index contributed by atoms with van der Waals surface area (Å²) in [5.41, 5.74) is 3.09. The summed E-state index contributed by atoms with van der Waals surface area (Å²) in [5, 5.41) is 20.0. The second-order valence-corrected chi connectivity index (χ2v) is 6.03. The molecule has 2 nitrogen and oxygen atoms in total. The predicted octanol–water partition coefficient (Wildman–Crippen LogP) is 4.74. The minimum Gasteiger partial charge on any atom is -0.508 e. The van der Waals surface area contributed by atoms with E-state index in [2.05, 4.69) is 12.1 Å². The topological polar surface area (TPSA) is 40.5 Å². The summed E-state index contributed by atoms with van der Waals surface area (Å²) < 4.78 is 0. The van der Waals surface area contributed by atoms with E-state index in [4.69, 9.17) is 0 Å². The first-order valence-electron chi connectivity index (χ1n) is 7.82. The molecule has 1 aliphatic carbocycles. The highest BCUT2D eigenvalue weighted by atomic mass is 16.3. The molecule has 2 aromatic rings. The number of phenolic OH excluding ortho intramolecular Hbond substituents is 2. The van der Waals surface area contributed by atoms with Crippen molar-refractivity contribution in [3.8, 4) is 11.5 Å². The highest BCUT2D eigenvalue weighted by molar-refractivity contribution is 5.43. The highest BCUT2D eigenvalue weighted by Crippen LogP contribution is 2.35. The summed E-state index contributed by atoms with van der Waals surface area (Å²) >= 11 is 0. The largest absolute Gasteiger partial charge is 0.508 e. The second kappa shape index (κ2) is 6.21. The quantitative estimate of drug-likeness (QED) is 0.854. The second-order valence-electron chi connectivity index (χ2n) is 6.03. The fourth-order valence-corrected chi connectivity index (χ4v) is 3.30. The number of benzene rings is 2. The molecule has 0 aliphatic heterocycles. The van der Waals surface area contributed by atoms with Gasteiger partial charge >= 0.3 is 0 Å². The van der Waals surface area contributed by atoms with E-state index < -0.39 is 0 Å². The fourth-order valence-electron chi connectivity index (χ4n) is 3.30. The minimum absolute atomic E-state index is 0.292. The molecule has 0 bridgehead atoms. The van der Waals surface area contributed by atoms with Crippen LogP contribution in [0, 0.1) is 0 Å². The van der Waals surface area contributed by atoms with E-state index in [1.54, 1.807) is 12.1 Å². The molecule has 2 heteroatoms. The molecule has 0 saturated heterocycles. The summed E-state index contributed by atoms with van der Waals surface area (Å²) in [6.07, 6.45) is 7.03. The lowest BCUT2D eigenvalue weighted by Crippen LogP contribution is -2.05. The van der Waals surface area contributed by atoms with Gasteiger partial charge in [0.05, 0.1) is 0 Å². The minimum atomic E-state index is 0.292. The Hall–Kier alpha value is -1.96. The monoisotopic (exact) mass is 282 g/mol. The van der Waals surface area contributed by atoms with Crippen LogP contribution < -0.4 is 0 Å². The molecule has 1 fully saturated rings. The van der Waals surface area contributed by atoms with Crippen LogP contribution >= 0.6 is 0 Å². The molecular weight excluding hydrogens is 260 g/mol. The molecule has 21 heavy (non-hydrogen) atoms. The number of hydrogen-bond donors (Lipinski definition) is 2. The maximum Gasteiger partial charge on any atom is 0.119 e. The Bertz CT molecular complexity index is 613. The average Bonchev–Trinajstić information content (AvgIpc) is 2.52. The van der Waals surface area contributed by atoms with Crippen LogP contribution in [0.3, 0.4) is 0 Å². The van der Waals surface area contributed by atoms with Gasteiger partial charge in [-0.15, -0.1) is 0 Å². The Balaban J connectivity index is 1.86. The molecule has 0 aromatic heterocycles. The van der Waals surface area contributed by atoms with Crippen molar-refractivity contribution in [2.24, 2.45) is 0 Å². The molecular formula is C19H22O2. The summed E-state index contributed by atoms with van der Waals surface area (Å²) in [7, 11) is 0. The van der Waals surface area contributed by atoms with Crippen molar-refractivity contribution in [2.45, 2.75) is 44.4 Å². The molecule has 0 heterocycles. The number of aromatic hydroxyl groups is 2. The Morgan fingerprint density at radius 3 is 2.29 bits per heavy atom. The Kier molecular flexibility index (Phi) is 4.14. The maximum absolute atomic E-state index is 10.1. The van der Waals surface area contributed by atoms with Crippen LogP contribution in [0.1, 0.15) is 54.7 Å². The molecule has 0 spiro atoms. The third-order valence-corrected chi connectivity index (χ3v) is 4.55. The molecule has 0 atom stereocenters. The highest BCUT2D eigenvalue weighted by Gasteiger charge is 2.17. The van der Waals surface area contributed by atoms with Crippen molar-refractivity contribution in [1.29, 1.82) is 0 Å². The van der Waals surface area contributed by atoms with E-state index in [0.29, 0.717) is 23.8 Å². The van der Waals surface area contributed by atoms with E-state index in [0.717, 1.165) is 11.1 Å². The van der Waals surface area contributed by atoms with Gasteiger partial charge in [0.1, 0.15) is 11.5 Å². The van der Waals surface area contributed by atoms with Gasteiger partial charge in [-0.25, -0.2) is 0 Å². The molecule has 1 aliphatic rings. The number of rotatable bonds is 3. The van der Waals surface area contributed by atoms with Crippen LogP contribution in [0.4, 0.5) is 0 Å². The molecule has 3 rings (SSSR count). The first-order chi connectivity index (χ1) is 10.2. The van der Waals surface area contributed by atoms with Crippen molar-refractivity contribution in [2.75, 3.05) is 0 Å². The van der Waals surface area contributed by atoms with Crippen LogP contribution in [-0.4, -0.2) is 10.2 Å². The van der Waals surface area contributed by atoms with E-state index in [1.807, 2.05) is 18.2 Å². The van der Waals surface area contributed by atoms with Crippen molar-refractivity contribution < 1.29 is 10.2 Å². The van der Waals surface area contributed by atoms with Gasteiger partial charge < -0.3 is 10.2 Å². The Morgan fingerprint density at radius 2 is 1.52 bits per heavy atom. The zero-order valence-corrected chi connectivity index (χ0v) is 12.3. The van der Waals surface area contributed by atoms with Gasteiger partial charge in [0.2, 0.25) is 0 Å². The third kappa shape index (κ3) is 3.21. The van der Waals surface area contributed by atoms with Gasteiger partial charge in [-0.3, -0.25) is 0 Å². The van der Waals surface area contributed by atoms with Gasteiger partial charge in [0, 0.05) is 6.42 Å². The molecule has 2 N–H and O–H groups in total. The van der Waals surface area contributed by atoms with Crippen LogP contribution in [0.5, 0.6) is 11.5 Å². The molecule has 1 saturated carbocycles. The molecule has 2 aromatic carbocycles. The van der Waals surface area contributed by atoms with E-state index >= 15 is 0 Å². The zero-order chi connectivity index (χ0) is 14.7. The maximum atomic E-state index is 10.1. The Morgan fingerprint density at radius 1 is 0.810 bits per heavy atom. The van der Waals surface area contributed by atoms with Crippen molar-refractivity contribution in [1.82, 2.24) is 0 Å². The van der Waals surface area contributed by atoms with Gasteiger partial charge in [-0.2, -0.15) is 0 Å². The summed E-state index contributed by atoms with van der Waals surface area (Å²) in [4.78, 5) is 0. The standard InChI is InChI=1S/C19H22O2/c20-18-9-5-4-8-16(18)13-17-12-15(10-11-19(17)21)14-6-2-1-3-7-14/h4-5,8-12,14,20-21H,1-3,6-7,13H2. The lowest BCUT2D eigenvalue weighted by molar-refractivity contribution is 0.440. The summed E-state index contributed by atoms with van der Waals surface area (Å²) in [5.74, 6) is 1.24. The SMILES string of the molecule is Oc1ccccc1Cc1cc(C2CCCCC2)ccc1O. The molecule has 0 amide bonds. The molecule has 0 unspecified atom stereocenters. The third-order valence-electron chi connectivity index (χ3n) is 4.55. The summed E-state index contributed by atoms with van der Waals surface area (Å²) in [6, 6.07) is 13.3. The molecule has 0 radical (unpaired) electrons. The zero-order valence-electron chi connectivity index (χ0n) is 12.3. The van der Waals surface area contributed by atoms with Crippen LogP contribution in [0.15, 0.2) is 42.5 Å². The van der Waals surface area contributed by atoms with E-state index in [9.17, 15) is 10.2 Å². The van der Waals surface area contributed by atoms with Gasteiger partial charge in [0.25, 0.3) is 0 Å². The fraction of sp³-hybridized carbons (Fsp3) is 0.368. The van der Waals surface area contributed by atoms with Gasteiger partial charge in [0.15, 0.2) is 0 Å². The molecule has 110 valence electrons. The summed E-state index contributed by atoms with van der Waals surface area (Å²) in [6.45, 7) is 0. The lowest BCUT2D eigenvalue weighted by Gasteiger charge is -2.22. The van der Waals surface area contributed by atoms with Gasteiger partial charge in [-0.05, 0) is 47.6 Å². The lowest BCUT2D eigenvalue weighted by atomic mass is 9.83. The number of para-hydroxylation sites is 1. The van der Waals surface area contributed by atoms with E-state index in [-0.39, 0.29) is 0 Å². The van der Waals surface area contributed by atoms with E-state index in [1.165, 1.54) is 37.7 Å². The normalized spacial score (nSPS) is 16.0. The Labute approximate surface area is 126 Å². The first-order valence-corrected chi connectivity index (χ1v) is 7.82. The van der Waals surface area contributed by atoms with Crippen LogP contribution in [-0.2, 0) is 6.42 Å². The average molecular weight is 282 g/mol. The first kappa shape index (κ1) is 14.0. The van der Waals surface area contributed by atoms with Crippen molar-refractivity contribution in [3.63, 3.8) is 0 Å². The predicted molar refractivity (Wildman–Crippen MR) is 84.8 cm³/mol. The van der Waals surface area contributed by atoms with Crippen LogP contribution in [0.25, 0.3) is 0 Å².